The first-order valence-electron chi connectivity index (χ1n) is 39.5. The van der Waals surface area contributed by atoms with Gasteiger partial charge >= 0.3 is 0 Å². The first-order valence-corrected chi connectivity index (χ1v) is 39.5. The molecule has 0 spiro atoms. The smallest absolute Gasteiger partial charge is 0.256 e. The van der Waals surface area contributed by atoms with Crippen LogP contribution in [0, 0.1) is 78.7 Å². The second kappa shape index (κ2) is 37.6. The summed E-state index contributed by atoms with van der Waals surface area (Å²) in [7, 11) is 2.06. The van der Waals surface area contributed by atoms with E-state index in [1.165, 1.54) is 48.5 Å². The van der Waals surface area contributed by atoms with Gasteiger partial charge in [-0.05, 0) is 223 Å². The average Bonchev–Trinajstić information content (AvgIpc) is 1.65. The molecule has 4 aromatic carbocycles. The van der Waals surface area contributed by atoms with Gasteiger partial charge in [0.15, 0.2) is 0 Å². The Bertz CT molecular complexity index is 5210. The number of aromatic amines is 4. The molecule has 0 unspecified atom stereocenters. The lowest BCUT2D eigenvalue weighted by Gasteiger charge is -2.34. The fraction of sp³-hybridized carbons (Fsp3) is 0.364. The van der Waals surface area contributed by atoms with Gasteiger partial charge in [0.2, 0.25) is 23.6 Å². The Morgan fingerprint density at radius 1 is 0.390 bits per heavy atom. The molecule has 4 fully saturated rings. The van der Waals surface area contributed by atoms with E-state index in [-0.39, 0.29) is 95.6 Å². The number of aromatic nitrogens is 4. The number of anilines is 4. The van der Waals surface area contributed by atoms with Crippen LogP contribution in [0.25, 0.3) is 46.6 Å². The molecule has 8 aliphatic heterocycles. The number of likely N-dealkylation sites (tertiary alicyclic amines) is 1. The number of carbonyl (C=O) groups excluding carboxylic acids is 8. The number of amides is 8. The van der Waals surface area contributed by atoms with Crippen molar-refractivity contribution in [2.75, 3.05) is 126 Å². The standard InChI is InChI=1S/C23H27FN4O2.2C22H25FN4O2.C21H23FN4O2.2ClH/c1-4-27-7-9-28(10-8-27)22(29)13-17-14(2)21(25-15(17)3)12-19-18-11-16(24)5-6-20(18)26-23(19)30;1-13-16(12-21(28)27-8-6-26(3)7-9-27)14(2)24-20(13)11-18-17-10-15(23)4-5-19(17)25-22(18)29;1-12-16(11-21(28)27-7-5-15(24)6-8-27)13(2)25-20(12)10-18-17-9-14(23)3-4-19(17)26-22(18)29;1-12-15(11-20(27)26-7-5-23-6-8-26)13(2)24-19(12)10-17-16-9-14(22)3-4-18(16)25-21(17)28;;/h5-6,11-12,25H,4,7-10,13H2,1-3H3,(H,26,30);4-5,10-11,24H,6-9,12H2,1-3H3,(H,25,29);3-4,9-10,15,25H,5-8,11,24H2,1-2H3,(H,26,29);3-4,9-10,23-24H,5-8,11H2,1-2H3,(H,25,28);2*1H/b19-12-;18-11-;18-10-;17-10-;;. The van der Waals surface area contributed by atoms with E-state index in [2.05, 4.69) is 70.3 Å². The number of hydrogen-bond acceptors (Lipinski definition) is 12. The molecule has 30 heteroatoms. The third-order valence-corrected chi connectivity index (χ3v) is 23.4. The van der Waals surface area contributed by atoms with Gasteiger partial charge in [-0.1, -0.05) is 6.92 Å². The van der Waals surface area contributed by atoms with Crippen LogP contribution in [0.4, 0.5) is 40.3 Å². The van der Waals surface area contributed by atoms with Crippen LogP contribution < -0.4 is 32.3 Å². The molecule has 16 rings (SSSR count). The third-order valence-electron chi connectivity index (χ3n) is 23.4. The predicted octanol–water partition coefficient (Wildman–Crippen LogP) is 11.4. The van der Waals surface area contributed by atoms with Crippen molar-refractivity contribution in [3.8, 4) is 0 Å². The molecule has 0 atom stereocenters. The van der Waals surface area contributed by atoms with Crippen LogP contribution in [0.3, 0.4) is 0 Å². The van der Waals surface area contributed by atoms with Crippen molar-refractivity contribution in [1.29, 1.82) is 0 Å². The van der Waals surface area contributed by atoms with Gasteiger partial charge in [0, 0.05) is 188 Å². The first-order chi connectivity index (χ1) is 55.5. The molecule has 11 N–H and O–H groups in total. The average molecular weight is 1660 g/mol. The monoisotopic (exact) mass is 1660 g/mol. The summed E-state index contributed by atoms with van der Waals surface area (Å²) in [5.74, 6) is -2.14. The highest BCUT2D eigenvalue weighted by Gasteiger charge is 2.33. The molecule has 8 amide bonds. The van der Waals surface area contributed by atoms with Crippen LogP contribution in [0.1, 0.15) is 132 Å². The molecule has 8 aromatic rings. The van der Waals surface area contributed by atoms with E-state index < -0.39 is 5.82 Å². The van der Waals surface area contributed by atoms with Crippen molar-refractivity contribution in [2.45, 2.75) is 107 Å². The minimum atomic E-state index is -0.391. The van der Waals surface area contributed by atoms with E-state index in [4.69, 9.17) is 5.73 Å². The number of likely N-dealkylation sites (N-methyl/N-ethyl adjacent to an activating group) is 2. The Hall–Kier alpha value is -11.1. The van der Waals surface area contributed by atoms with Gasteiger partial charge < -0.3 is 81.7 Å². The van der Waals surface area contributed by atoms with Crippen LogP contribution in [-0.2, 0) is 64.0 Å². The zero-order chi connectivity index (χ0) is 82.7. The van der Waals surface area contributed by atoms with Gasteiger partial charge in [-0.2, -0.15) is 0 Å². The highest BCUT2D eigenvalue weighted by atomic mass is 35.5. The van der Waals surface area contributed by atoms with Gasteiger partial charge in [-0.25, -0.2) is 17.6 Å². The molecular weight excluding hydrogens is 1560 g/mol. The number of halogens is 6. The van der Waals surface area contributed by atoms with Crippen molar-refractivity contribution < 1.29 is 55.9 Å². The zero-order valence-corrected chi connectivity index (χ0v) is 69.7. The molecular formula is C88H102Cl2F4N16O8. The van der Waals surface area contributed by atoms with Gasteiger partial charge in [-0.3, -0.25) is 38.4 Å². The minimum absolute atomic E-state index is 0. The first kappa shape index (κ1) is 87.7. The lowest BCUT2D eigenvalue weighted by molar-refractivity contribution is -0.132. The Balaban J connectivity index is 0.000000153. The zero-order valence-electron chi connectivity index (χ0n) is 68.0. The maximum absolute atomic E-state index is 13.7. The summed E-state index contributed by atoms with van der Waals surface area (Å²) in [6.07, 6.45) is 9.93. The number of aryl methyl sites for hydroxylation is 4. The molecule has 24 nitrogen and oxygen atoms in total. The molecule has 8 aliphatic rings. The minimum Gasteiger partial charge on any atom is -0.359 e. The maximum Gasteiger partial charge on any atom is 0.256 e. The number of carbonyl (C=O) groups is 8. The Labute approximate surface area is 695 Å². The second-order valence-corrected chi connectivity index (χ2v) is 30.9. The Kier molecular flexibility index (Phi) is 28.0. The van der Waals surface area contributed by atoms with E-state index in [9.17, 15) is 55.9 Å². The number of piperazine rings is 3. The molecule has 0 bridgehead atoms. The number of piperidine rings is 1. The summed E-state index contributed by atoms with van der Waals surface area (Å²) < 4.78 is 54.7. The highest BCUT2D eigenvalue weighted by molar-refractivity contribution is 6.37. The lowest BCUT2D eigenvalue weighted by Crippen LogP contribution is -2.48. The largest absolute Gasteiger partial charge is 0.359 e. The maximum atomic E-state index is 13.7. The SMILES string of the molecule is CCN1CCN(C(=O)Cc2c(C)[nH]c(/C=C3\C(=O)Nc4ccc(F)cc43)c2C)CC1.Cc1[nH]c(/C=C2\C(=O)Nc3ccc(F)cc32)c(C)c1CC(=O)N1CCC(N)CC1.Cc1[nH]c(/C=C2\C(=O)Nc3ccc(F)cc32)c(C)c1CC(=O)N1CCN(C)CC1.Cc1[nH]c(/C=C2\C(=O)Nc3ccc(F)cc32)c(C)c1CC(=O)N1CCNCC1.Cl.Cl. The molecule has 118 heavy (non-hydrogen) atoms. The van der Waals surface area contributed by atoms with Crippen molar-refractivity contribution in [2.24, 2.45) is 5.73 Å². The predicted molar refractivity (Wildman–Crippen MR) is 458 cm³/mol. The van der Waals surface area contributed by atoms with E-state index in [1.54, 1.807) is 48.6 Å². The number of H-pyrrole nitrogens is 4. The summed E-state index contributed by atoms with van der Waals surface area (Å²) in [5.41, 5.74) is 26.5. The van der Waals surface area contributed by atoms with Crippen LogP contribution in [0.5, 0.6) is 0 Å². The fourth-order valence-corrected chi connectivity index (χ4v) is 16.2. The number of benzene rings is 4. The molecule has 12 heterocycles. The normalized spacial score (nSPS) is 17.8. The quantitative estimate of drug-likeness (QED) is 0.0381. The molecule has 0 saturated carbocycles. The number of nitrogens with one attached hydrogen (secondary N) is 9. The van der Waals surface area contributed by atoms with Crippen molar-refractivity contribution >= 4 is 141 Å². The fourth-order valence-electron chi connectivity index (χ4n) is 16.2. The summed E-state index contributed by atoms with van der Waals surface area (Å²) in [5, 5.41) is 14.3. The molecule has 0 aliphatic carbocycles. The lowest BCUT2D eigenvalue weighted by atomic mass is 10.0. The van der Waals surface area contributed by atoms with Crippen molar-refractivity contribution in [3.63, 3.8) is 0 Å². The second-order valence-electron chi connectivity index (χ2n) is 30.9. The summed E-state index contributed by atoms with van der Waals surface area (Å²) in [6.45, 7) is 29.7. The van der Waals surface area contributed by atoms with Gasteiger partial charge in [0.1, 0.15) is 23.3 Å². The van der Waals surface area contributed by atoms with Crippen molar-refractivity contribution in [3.05, 3.63) is 208 Å². The highest BCUT2D eigenvalue weighted by Crippen LogP contribution is 2.40. The summed E-state index contributed by atoms with van der Waals surface area (Å²) in [6, 6.07) is 17.2. The number of nitrogens with two attached hydrogens (primary N) is 1. The van der Waals surface area contributed by atoms with Crippen LogP contribution in [0.2, 0.25) is 0 Å². The van der Waals surface area contributed by atoms with Crippen LogP contribution in [0.15, 0.2) is 72.8 Å². The molecule has 624 valence electrons. The molecule has 4 aromatic heterocycles. The van der Waals surface area contributed by atoms with Gasteiger partial charge in [0.05, 0.1) is 48.0 Å². The van der Waals surface area contributed by atoms with Crippen LogP contribution in [-0.4, -0.2) is 208 Å². The third kappa shape index (κ3) is 19.5. The summed E-state index contributed by atoms with van der Waals surface area (Å²) in [4.78, 5) is 126. The summed E-state index contributed by atoms with van der Waals surface area (Å²) >= 11 is 0. The number of hydrogen-bond donors (Lipinski definition) is 10. The van der Waals surface area contributed by atoms with Crippen LogP contribution >= 0.6 is 24.8 Å². The number of nitrogens with zero attached hydrogens (tertiary/aromatic N) is 6. The van der Waals surface area contributed by atoms with Gasteiger partial charge in [-0.15, -0.1) is 24.8 Å². The molecule has 4 saturated heterocycles. The Morgan fingerprint density at radius 2 is 0.644 bits per heavy atom. The topological polar surface area (TPSA) is 305 Å². The number of rotatable bonds is 13. The number of fused-ring (bicyclic) bond motifs is 4. The van der Waals surface area contributed by atoms with E-state index >= 15 is 0 Å². The Morgan fingerprint density at radius 3 is 0.915 bits per heavy atom. The van der Waals surface area contributed by atoms with Crippen molar-refractivity contribution in [1.82, 2.24) is 54.7 Å². The van der Waals surface area contributed by atoms with E-state index in [0.29, 0.717) is 106 Å². The van der Waals surface area contributed by atoms with E-state index in [1.807, 2.05) is 75.0 Å². The van der Waals surface area contributed by atoms with Gasteiger partial charge in [0.25, 0.3) is 23.6 Å². The van der Waals surface area contributed by atoms with E-state index in [0.717, 1.165) is 188 Å². The molecule has 0 radical (unpaired) electrons.